The molecule has 22 heavy (non-hydrogen) atoms. The number of carbonyl (C=O) groups excluding carboxylic acids is 2. The van der Waals surface area contributed by atoms with Gasteiger partial charge >= 0.3 is 6.03 Å². The number of hydrogen-bond donors (Lipinski definition) is 1. The number of benzene rings is 1. The maximum Gasteiger partial charge on any atom is 0.325 e. The Labute approximate surface area is 126 Å². The largest absolute Gasteiger partial charge is 0.337 e. The van der Waals surface area contributed by atoms with Gasteiger partial charge in [0.1, 0.15) is 12.1 Å². The molecule has 4 rings (SSSR count). The molecule has 1 atom stereocenters. The fraction of sp³-hybridized carbons (Fsp3) is 0.333. The van der Waals surface area contributed by atoms with Crippen LogP contribution in [0.25, 0.3) is 0 Å². The number of carbonyl (C=O) groups is 2. The Balaban J connectivity index is 1.68. The first-order valence-electron chi connectivity index (χ1n) is 7.12. The molecule has 1 fully saturated rings. The lowest BCUT2D eigenvalue weighted by Gasteiger charge is -2.21. The van der Waals surface area contributed by atoms with Gasteiger partial charge in [0.15, 0.2) is 5.82 Å². The molecule has 7 heteroatoms. The summed E-state index contributed by atoms with van der Waals surface area (Å²) in [6.07, 6.45) is 1.35. The minimum Gasteiger partial charge on any atom is -0.337 e. The maximum atomic E-state index is 12.9. The number of hydrogen-bond acceptors (Lipinski definition) is 5. The Kier molecular flexibility index (Phi) is 2.60. The lowest BCUT2D eigenvalue weighted by Crippen LogP contribution is -2.41. The molecule has 1 saturated heterocycles. The van der Waals surface area contributed by atoms with Crippen LogP contribution < -0.4 is 5.32 Å². The van der Waals surface area contributed by atoms with E-state index < -0.39 is 11.6 Å². The molecule has 1 aromatic heterocycles. The van der Waals surface area contributed by atoms with Gasteiger partial charge in [-0.1, -0.05) is 29.4 Å². The van der Waals surface area contributed by atoms with Gasteiger partial charge in [-0.25, -0.2) is 4.79 Å². The van der Waals surface area contributed by atoms with Crippen LogP contribution in [0.1, 0.15) is 29.3 Å². The lowest BCUT2D eigenvalue weighted by molar-refractivity contribution is -0.132. The van der Waals surface area contributed by atoms with Crippen molar-refractivity contribution < 1.29 is 14.1 Å². The van der Waals surface area contributed by atoms with E-state index in [4.69, 9.17) is 4.52 Å². The normalized spacial score (nSPS) is 23.2. The van der Waals surface area contributed by atoms with E-state index in [-0.39, 0.29) is 18.3 Å². The Morgan fingerprint density at radius 2 is 2.18 bits per heavy atom. The van der Waals surface area contributed by atoms with Crippen molar-refractivity contribution in [2.24, 2.45) is 0 Å². The van der Waals surface area contributed by atoms with Gasteiger partial charge in [0, 0.05) is 0 Å². The van der Waals surface area contributed by atoms with E-state index in [9.17, 15) is 9.59 Å². The van der Waals surface area contributed by atoms with Crippen molar-refractivity contribution in [1.82, 2.24) is 20.4 Å². The predicted molar refractivity (Wildman–Crippen MR) is 74.6 cm³/mol. The van der Waals surface area contributed by atoms with Crippen LogP contribution in [0, 0.1) is 6.92 Å². The van der Waals surface area contributed by atoms with E-state index in [0.29, 0.717) is 12.2 Å². The van der Waals surface area contributed by atoms with Crippen molar-refractivity contribution >= 4 is 11.9 Å². The van der Waals surface area contributed by atoms with Gasteiger partial charge in [-0.3, -0.25) is 9.69 Å². The first-order chi connectivity index (χ1) is 10.6. The Hall–Kier alpha value is -2.70. The predicted octanol–water partition coefficient (Wildman–Crippen LogP) is 1.27. The monoisotopic (exact) mass is 298 g/mol. The van der Waals surface area contributed by atoms with Crippen LogP contribution in [0.3, 0.4) is 0 Å². The standard InChI is InChI=1S/C15H14N4O3/c1-9-16-12(22-18-9)8-19-13(20)15(17-14(19)21)7-6-10-4-2-3-5-11(10)15/h2-5H,6-8H2,1H3,(H,17,21). The number of nitrogens with zero attached hydrogens (tertiary/aromatic N) is 3. The number of urea groups is 1. The summed E-state index contributed by atoms with van der Waals surface area (Å²) < 4.78 is 5.01. The van der Waals surface area contributed by atoms with Gasteiger partial charge in [0.05, 0.1) is 0 Å². The van der Waals surface area contributed by atoms with Gasteiger partial charge in [-0.2, -0.15) is 4.98 Å². The summed E-state index contributed by atoms with van der Waals surface area (Å²) in [5, 5.41) is 6.54. The number of rotatable bonds is 2. The lowest BCUT2D eigenvalue weighted by atomic mass is 9.92. The molecular weight excluding hydrogens is 284 g/mol. The SMILES string of the molecule is Cc1noc(CN2C(=O)NC3(CCc4ccccc43)C2=O)n1. The molecule has 0 bridgehead atoms. The summed E-state index contributed by atoms with van der Waals surface area (Å²) in [5.74, 6) is 0.477. The van der Waals surface area contributed by atoms with Crippen LogP contribution in [0.4, 0.5) is 4.79 Å². The average molecular weight is 298 g/mol. The van der Waals surface area contributed by atoms with Crippen molar-refractivity contribution in [3.8, 4) is 0 Å². The van der Waals surface area contributed by atoms with Crippen molar-refractivity contribution in [2.75, 3.05) is 0 Å². The Bertz CT molecular complexity index is 785. The molecule has 1 unspecified atom stereocenters. The van der Waals surface area contributed by atoms with E-state index in [0.717, 1.165) is 22.4 Å². The fourth-order valence-corrected chi connectivity index (χ4v) is 3.27. The number of amides is 3. The molecule has 1 spiro atoms. The van der Waals surface area contributed by atoms with E-state index in [1.807, 2.05) is 24.3 Å². The van der Waals surface area contributed by atoms with Gasteiger partial charge in [-0.05, 0) is 30.9 Å². The molecule has 2 aliphatic rings. The fourth-order valence-electron chi connectivity index (χ4n) is 3.27. The highest BCUT2D eigenvalue weighted by molar-refractivity contribution is 6.07. The molecule has 112 valence electrons. The molecule has 0 saturated carbocycles. The number of nitrogens with one attached hydrogen (secondary N) is 1. The zero-order valence-electron chi connectivity index (χ0n) is 12.0. The van der Waals surface area contributed by atoms with Gasteiger partial charge in [-0.15, -0.1) is 0 Å². The van der Waals surface area contributed by atoms with Crippen molar-refractivity contribution in [2.45, 2.75) is 31.8 Å². The van der Waals surface area contributed by atoms with E-state index in [1.54, 1.807) is 6.92 Å². The van der Waals surface area contributed by atoms with Crippen molar-refractivity contribution in [3.05, 3.63) is 47.1 Å². The first-order valence-corrected chi connectivity index (χ1v) is 7.12. The second kappa shape index (κ2) is 4.40. The van der Waals surface area contributed by atoms with Gasteiger partial charge in [0.2, 0.25) is 5.89 Å². The summed E-state index contributed by atoms with van der Waals surface area (Å²) in [5.41, 5.74) is 1.05. The third kappa shape index (κ3) is 1.68. The third-order valence-corrected chi connectivity index (χ3v) is 4.29. The summed E-state index contributed by atoms with van der Waals surface area (Å²) in [4.78, 5) is 30.3. The number of aromatic nitrogens is 2. The first kappa shape index (κ1) is 13.0. The molecule has 1 N–H and O–H groups in total. The molecule has 2 aromatic rings. The van der Waals surface area contributed by atoms with E-state index in [1.165, 1.54) is 0 Å². The molecule has 1 aliphatic carbocycles. The van der Waals surface area contributed by atoms with Gasteiger partial charge < -0.3 is 9.84 Å². The Morgan fingerprint density at radius 1 is 1.36 bits per heavy atom. The van der Waals surface area contributed by atoms with Crippen LogP contribution in [-0.4, -0.2) is 27.0 Å². The van der Waals surface area contributed by atoms with Crippen molar-refractivity contribution in [3.63, 3.8) is 0 Å². The number of aryl methyl sites for hydroxylation is 2. The van der Waals surface area contributed by atoms with E-state index in [2.05, 4.69) is 15.5 Å². The summed E-state index contributed by atoms with van der Waals surface area (Å²) in [6, 6.07) is 7.31. The highest BCUT2D eigenvalue weighted by atomic mass is 16.5. The quantitative estimate of drug-likeness (QED) is 0.843. The second-order valence-corrected chi connectivity index (χ2v) is 5.62. The summed E-state index contributed by atoms with van der Waals surface area (Å²) in [6.45, 7) is 1.68. The van der Waals surface area contributed by atoms with Crippen LogP contribution >= 0.6 is 0 Å². The molecule has 3 amide bonds. The zero-order valence-corrected chi connectivity index (χ0v) is 12.0. The van der Waals surface area contributed by atoms with Crippen molar-refractivity contribution in [1.29, 1.82) is 0 Å². The molecular formula is C15H14N4O3. The third-order valence-electron chi connectivity index (χ3n) is 4.29. The van der Waals surface area contributed by atoms with E-state index >= 15 is 0 Å². The maximum absolute atomic E-state index is 12.9. The molecule has 2 heterocycles. The zero-order chi connectivity index (χ0) is 15.3. The second-order valence-electron chi connectivity index (χ2n) is 5.62. The van der Waals surface area contributed by atoms with Gasteiger partial charge in [0.25, 0.3) is 5.91 Å². The molecule has 0 radical (unpaired) electrons. The average Bonchev–Trinajstić information content (AvgIpc) is 3.15. The van der Waals surface area contributed by atoms with Crippen LogP contribution in [-0.2, 0) is 23.3 Å². The highest BCUT2D eigenvalue weighted by Crippen LogP contribution is 2.41. The van der Waals surface area contributed by atoms with Crippen LogP contribution in [0.15, 0.2) is 28.8 Å². The minimum absolute atomic E-state index is 0.00454. The summed E-state index contributed by atoms with van der Waals surface area (Å²) in [7, 11) is 0. The molecule has 1 aliphatic heterocycles. The molecule has 1 aromatic carbocycles. The number of fused-ring (bicyclic) bond motifs is 2. The topological polar surface area (TPSA) is 88.3 Å². The van der Waals surface area contributed by atoms with Crippen LogP contribution in [0.2, 0.25) is 0 Å². The minimum atomic E-state index is -0.942. The van der Waals surface area contributed by atoms with Crippen LogP contribution in [0.5, 0.6) is 0 Å². The Morgan fingerprint density at radius 3 is 2.95 bits per heavy atom. The number of imide groups is 1. The highest BCUT2D eigenvalue weighted by Gasteiger charge is 2.55. The summed E-state index contributed by atoms with van der Waals surface area (Å²) >= 11 is 0. The smallest absolute Gasteiger partial charge is 0.325 e. The molecule has 7 nitrogen and oxygen atoms in total.